The van der Waals surface area contributed by atoms with Gasteiger partial charge in [-0.3, -0.25) is 4.79 Å². The Morgan fingerprint density at radius 1 is 1.65 bits per heavy atom. The number of carbonyl (C=O) groups excluding carboxylic acids is 1. The molecule has 2 rings (SSSR count). The van der Waals surface area contributed by atoms with Crippen LogP contribution in [-0.4, -0.2) is 35.5 Å². The summed E-state index contributed by atoms with van der Waals surface area (Å²) in [7, 11) is 0. The van der Waals surface area contributed by atoms with E-state index in [4.69, 9.17) is 10.5 Å². The molecule has 98 valence electrons. The molecule has 2 heterocycles. The highest BCUT2D eigenvalue weighted by atomic mass is 32.2. The minimum Gasteiger partial charge on any atom is -0.374 e. The maximum Gasteiger partial charge on any atom is 0.137 e. The zero-order valence-corrected chi connectivity index (χ0v) is 11.4. The Labute approximate surface area is 108 Å². The fourth-order valence-electron chi connectivity index (χ4n) is 2.74. The fourth-order valence-corrected chi connectivity index (χ4v) is 4.11. The van der Waals surface area contributed by atoms with Crippen molar-refractivity contribution in [3.63, 3.8) is 0 Å². The van der Waals surface area contributed by atoms with Gasteiger partial charge in [-0.05, 0) is 31.4 Å². The molecule has 0 aromatic heterocycles. The molecule has 2 fully saturated rings. The average molecular weight is 257 g/mol. The van der Waals surface area contributed by atoms with Gasteiger partial charge < -0.3 is 10.5 Å². The third kappa shape index (κ3) is 3.24. The highest BCUT2D eigenvalue weighted by Gasteiger charge is 2.42. The van der Waals surface area contributed by atoms with Crippen LogP contribution in [0.3, 0.4) is 0 Å². The molecule has 2 aliphatic heterocycles. The van der Waals surface area contributed by atoms with E-state index in [2.05, 4.69) is 0 Å². The van der Waals surface area contributed by atoms with Crippen LogP contribution in [0.15, 0.2) is 0 Å². The largest absolute Gasteiger partial charge is 0.374 e. The zero-order chi connectivity index (χ0) is 12.3. The molecule has 3 atom stereocenters. The number of ether oxygens (including phenoxy) is 1. The van der Waals surface area contributed by atoms with Crippen molar-refractivity contribution in [1.82, 2.24) is 0 Å². The molecule has 2 saturated heterocycles. The SMILES string of the molecule is CCC(N)CC(=O)C1CCOC2(CCSC2)C1. The summed E-state index contributed by atoms with van der Waals surface area (Å²) in [5.74, 6) is 2.80. The molecule has 2 aliphatic rings. The first kappa shape index (κ1) is 13.4. The molecule has 3 unspecified atom stereocenters. The highest BCUT2D eigenvalue weighted by Crippen LogP contribution is 2.40. The molecule has 2 N–H and O–H groups in total. The van der Waals surface area contributed by atoms with Crippen molar-refractivity contribution in [3.8, 4) is 0 Å². The summed E-state index contributed by atoms with van der Waals surface area (Å²) in [6.07, 6.45) is 4.36. The molecule has 0 aliphatic carbocycles. The van der Waals surface area contributed by atoms with Crippen LogP contribution < -0.4 is 5.73 Å². The molecule has 4 heteroatoms. The predicted octanol–water partition coefficient (Wildman–Crippen LogP) is 1.99. The van der Waals surface area contributed by atoms with Crippen molar-refractivity contribution in [1.29, 1.82) is 0 Å². The Hall–Kier alpha value is -0.0600. The quantitative estimate of drug-likeness (QED) is 0.837. The van der Waals surface area contributed by atoms with E-state index in [1.165, 1.54) is 5.75 Å². The van der Waals surface area contributed by atoms with Crippen molar-refractivity contribution in [2.75, 3.05) is 18.1 Å². The van der Waals surface area contributed by atoms with E-state index in [0.717, 1.165) is 38.0 Å². The van der Waals surface area contributed by atoms with Crippen molar-refractivity contribution < 1.29 is 9.53 Å². The maximum absolute atomic E-state index is 12.2. The Morgan fingerprint density at radius 2 is 2.47 bits per heavy atom. The van der Waals surface area contributed by atoms with Crippen LogP contribution in [0.1, 0.15) is 39.0 Å². The standard InChI is InChI=1S/C13H23NO2S/c1-2-11(14)7-12(15)10-3-5-16-13(8-10)4-6-17-9-13/h10-11H,2-9,14H2,1H3. The van der Waals surface area contributed by atoms with Crippen LogP contribution in [0, 0.1) is 5.92 Å². The number of nitrogens with two attached hydrogens (primary N) is 1. The van der Waals surface area contributed by atoms with Gasteiger partial charge in [0.05, 0.1) is 5.60 Å². The summed E-state index contributed by atoms with van der Waals surface area (Å²) < 4.78 is 5.93. The Morgan fingerprint density at radius 3 is 3.12 bits per heavy atom. The first-order valence-electron chi connectivity index (χ1n) is 6.65. The minimum absolute atomic E-state index is 0.0134. The molecule has 0 saturated carbocycles. The summed E-state index contributed by atoms with van der Waals surface area (Å²) in [6, 6.07) is 0.0410. The van der Waals surface area contributed by atoms with E-state index in [-0.39, 0.29) is 17.6 Å². The van der Waals surface area contributed by atoms with E-state index < -0.39 is 0 Å². The van der Waals surface area contributed by atoms with Crippen molar-refractivity contribution in [3.05, 3.63) is 0 Å². The van der Waals surface area contributed by atoms with Crippen LogP contribution in [0.2, 0.25) is 0 Å². The summed E-state index contributed by atoms with van der Waals surface area (Å²) in [6.45, 7) is 2.79. The van der Waals surface area contributed by atoms with Crippen LogP contribution in [-0.2, 0) is 9.53 Å². The Balaban J connectivity index is 1.90. The molecule has 1 spiro atoms. The lowest BCUT2D eigenvalue weighted by atomic mass is 9.81. The van der Waals surface area contributed by atoms with Crippen LogP contribution >= 0.6 is 11.8 Å². The Bertz CT molecular complexity index is 277. The lowest BCUT2D eigenvalue weighted by molar-refractivity contribution is -0.134. The second-order valence-electron chi connectivity index (χ2n) is 5.36. The number of thioether (sulfide) groups is 1. The minimum atomic E-state index is 0.0134. The van der Waals surface area contributed by atoms with Gasteiger partial charge in [0, 0.05) is 30.7 Å². The monoisotopic (exact) mass is 257 g/mol. The average Bonchev–Trinajstić information content (AvgIpc) is 2.77. The molecule has 0 amide bonds. The summed E-state index contributed by atoms with van der Waals surface area (Å²) in [4.78, 5) is 12.2. The predicted molar refractivity (Wildman–Crippen MR) is 71.2 cm³/mol. The van der Waals surface area contributed by atoms with Gasteiger partial charge in [-0.2, -0.15) is 11.8 Å². The highest BCUT2D eigenvalue weighted by molar-refractivity contribution is 7.99. The van der Waals surface area contributed by atoms with Crippen molar-refractivity contribution in [2.24, 2.45) is 11.7 Å². The third-order valence-electron chi connectivity index (χ3n) is 4.00. The van der Waals surface area contributed by atoms with Crippen molar-refractivity contribution >= 4 is 17.5 Å². The smallest absolute Gasteiger partial charge is 0.137 e. The number of carbonyl (C=O) groups is 1. The Kier molecular flexibility index (Phi) is 4.50. The van der Waals surface area contributed by atoms with Gasteiger partial charge in [0.1, 0.15) is 5.78 Å². The third-order valence-corrected chi connectivity index (χ3v) is 5.23. The van der Waals surface area contributed by atoms with Gasteiger partial charge in [0.2, 0.25) is 0 Å². The molecule has 0 bridgehead atoms. The summed E-state index contributed by atoms with van der Waals surface area (Å²) >= 11 is 1.95. The number of rotatable bonds is 4. The van der Waals surface area contributed by atoms with Crippen LogP contribution in [0.4, 0.5) is 0 Å². The lowest BCUT2D eigenvalue weighted by Gasteiger charge is -2.37. The molecule has 0 aromatic rings. The van der Waals surface area contributed by atoms with Crippen molar-refractivity contribution in [2.45, 2.75) is 50.7 Å². The van der Waals surface area contributed by atoms with Gasteiger partial charge >= 0.3 is 0 Å². The normalized spacial score (nSPS) is 35.1. The van der Waals surface area contributed by atoms with E-state index in [1.54, 1.807) is 0 Å². The zero-order valence-electron chi connectivity index (χ0n) is 10.6. The summed E-state index contributed by atoms with van der Waals surface area (Å²) in [5.41, 5.74) is 5.88. The molecular weight excluding hydrogens is 234 g/mol. The number of hydrogen-bond donors (Lipinski definition) is 1. The van der Waals surface area contributed by atoms with Gasteiger partial charge in [-0.1, -0.05) is 6.92 Å². The molecule has 3 nitrogen and oxygen atoms in total. The first-order valence-corrected chi connectivity index (χ1v) is 7.81. The van der Waals surface area contributed by atoms with E-state index in [1.807, 2.05) is 18.7 Å². The van der Waals surface area contributed by atoms with E-state index in [0.29, 0.717) is 12.2 Å². The maximum atomic E-state index is 12.2. The first-order chi connectivity index (χ1) is 8.15. The van der Waals surface area contributed by atoms with E-state index in [9.17, 15) is 4.79 Å². The lowest BCUT2D eigenvalue weighted by Crippen LogP contribution is -2.42. The van der Waals surface area contributed by atoms with Gasteiger partial charge in [0.15, 0.2) is 0 Å². The van der Waals surface area contributed by atoms with Crippen LogP contribution in [0.5, 0.6) is 0 Å². The molecule has 0 aromatic carbocycles. The molecule has 17 heavy (non-hydrogen) atoms. The number of ketones is 1. The topological polar surface area (TPSA) is 52.3 Å². The summed E-state index contributed by atoms with van der Waals surface area (Å²) in [5, 5.41) is 0. The van der Waals surface area contributed by atoms with Crippen LogP contribution in [0.25, 0.3) is 0 Å². The second kappa shape index (κ2) is 5.72. The molecular formula is C13H23NO2S. The van der Waals surface area contributed by atoms with Gasteiger partial charge in [-0.15, -0.1) is 0 Å². The second-order valence-corrected chi connectivity index (χ2v) is 6.47. The molecule has 0 radical (unpaired) electrons. The van der Waals surface area contributed by atoms with Gasteiger partial charge in [-0.25, -0.2) is 0 Å². The van der Waals surface area contributed by atoms with Gasteiger partial charge in [0.25, 0.3) is 0 Å². The number of Topliss-reactive ketones (excluding diaryl/α,β-unsaturated/α-hetero) is 1. The number of hydrogen-bond acceptors (Lipinski definition) is 4. The van der Waals surface area contributed by atoms with E-state index >= 15 is 0 Å². The fraction of sp³-hybridized carbons (Fsp3) is 0.923.